The minimum Gasteiger partial charge on any atom is -0.344 e. The van der Waals surface area contributed by atoms with E-state index in [0.717, 1.165) is 24.8 Å². The summed E-state index contributed by atoms with van der Waals surface area (Å²) in [6.45, 7) is 0.979. The van der Waals surface area contributed by atoms with Crippen LogP contribution in [0.15, 0.2) is 0 Å². The summed E-state index contributed by atoms with van der Waals surface area (Å²) in [6, 6.07) is 0.743. The molecule has 2 aliphatic carbocycles. The van der Waals surface area contributed by atoms with Gasteiger partial charge in [0, 0.05) is 19.6 Å². The fourth-order valence-corrected chi connectivity index (χ4v) is 3.93. The molecular formula is C15H27ClN2O. The van der Waals surface area contributed by atoms with Crippen molar-refractivity contribution in [3.63, 3.8) is 0 Å². The summed E-state index contributed by atoms with van der Waals surface area (Å²) < 4.78 is 0. The molecule has 0 aromatic carbocycles. The van der Waals surface area contributed by atoms with Crippen LogP contribution < -0.4 is 5.32 Å². The molecule has 1 N–H and O–H groups in total. The van der Waals surface area contributed by atoms with Crippen LogP contribution in [-0.4, -0.2) is 36.5 Å². The minimum absolute atomic E-state index is 0. The molecule has 1 saturated heterocycles. The highest BCUT2D eigenvalue weighted by molar-refractivity contribution is 5.85. The first-order chi connectivity index (χ1) is 8.74. The Morgan fingerprint density at radius 3 is 2.53 bits per heavy atom. The summed E-state index contributed by atoms with van der Waals surface area (Å²) in [5, 5.41) is 3.59. The average molecular weight is 287 g/mol. The molecular weight excluding hydrogens is 260 g/mol. The van der Waals surface area contributed by atoms with E-state index in [-0.39, 0.29) is 18.4 Å². The molecule has 0 aromatic rings. The van der Waals surface area contributed by atoms with Crippen LogP contribution in [0.2, 0.25) is 0 Å². The van der Waals surface area contributed by atoms with Crippen molar-refractivity contribution in [2.45, 2.75) is 63.5 Å². The average Bonchev–Trinajstić information content (AvgIpc) is 2.76. The smallest absolute Gasteiger partial charge is 0.239 e. The minimum atomic E-state index is 0. The molecule has 1 amide bonds. The lowest BCUT2D eigenvalue weighted by Crippen LogP contribution is -2.45. The second-order valence-electron chi connectivity index (χ2n) is 6.62. The van der Waals surface area contributed by atoms with Gasteiger partial charge in [-0.15, -0.1) is 12.4 Å². The summed E-state index contributed by atoms with van der Waals surface area (Å²) in [7, 11) is 1.99. The lowest BCUT2D eigenvalue weighted by Gasteiger charge is -2.31. The SMILES string of the molecule is CN(CC1CCC1)C(=O)C1CC2CCCCC2N1.Cl. The van der Waals surface area contributed by atoms with Crippen LogP contribution in [0.5, 0.6) is 0 Å². The lowest BCUT2D eigenvalue weighted by molar-refractivity contribution is -0.132. The van der Waals surface area contributed by atoms with Gasteiger partial charge in [-0.05, 0) is 43.9 Å². The van der Waals surface area contributed by atoms with Gasteiger partial charge in [-0.1, -0.05) is 19.3 Å². The third kappa shape index (κ3) is 3.25. The molecule has 2 saturated carbocycles. The van der Waals surface area contributed by atoms with Gasteiger partial charge in [-0.2, -0.15) is 0 Å². The zero-order chi connectivity index (χ0) is 12.5. The third-order valence-electron chi connectivity index (χ3n) is 5.29. The Balaban J connectivity index is 0.00000133. The zero-order valence-electron chi connectivity index (χ0n) is 11.9. The number of halogens is 1. The summed E-state index contributed by atoms with van der Waals surface area (Å²) in [5.74, 6) is 1.89. The maximum absolute atomic E-state index is 12.4. The van der Waals surface area contributed by atoms with Crippen molar-refractivity contribution in [2.24, 2.45) is 11.8 Å². The number of carbonyl (C=O) groups is 1. The topological polar surface area (TPSA) is 32.3 Å². The van der Waals surface area contributed by atoms with Crippen LogP contribution in [0.4, 0.5) is 0 Å². The van der Waals surface area contributed by atoms with Crippen LogP contribution in [0.3, 0.4) is 0 Å². The van der Waals surface area contributed by atoms with Gasteiger partial charge in [0.25, 0.3) is 0 Å². The molecule has 3 aliphatic rings. The number of hydrogen-bond donors (Lipinski definition) is 1. The lowest BCUT2D eigenvalue weighted by atomic mass is 9.84. The predicted molar refractivity (Wildman–Crippen MR) is 79.5 cm³/mol. The van der Waals surface area contributed by atoms with Crippen LogP contribution in [-0.2, 0) is 4.79 Å². The molecule has 0 aromatic heterocycles. The molecule has 3 nitrogen and oxygen atoms in total. The van der Waals surface area contributed by atoms with Crippen molar-refractivity contribution in [1.82, 2.24) is 10.2 Å². The molecule has 3 atom stereocenters. The normalized spacial score (nSPS) is 34.1. The molecule has 19 heavy (non-hydrogen) atoms. The number of likely N-dealkylation sites (N-methyl/N-ethyl adjacent to an activating group) is 1. The Labute approximate surface area is 122 Å². The molecule has 1 heterocycles. The van der Waals surface area contributed by atoms with E-state index < -0.39 is 0 Å². The molecule has 0 bridgehead atoms. The van der Waals surface area contributed by atoms with Gasteiger partial charge in [-0.3, -0.25) is 4.79 Å². The molecule has 0 spiro atoms. The molecule has 1 aliphatic heterocycles. The van der Waals surface area contributed by atoms with Crippen LogP contribution in [0.25, 0.3) is 0 Å². The first kappa shape index (κ1) is 15.1. The second-order valence-corrected chi connectivity index (χ2v) is 6.62. The van der Waals surface area contributed by atoms with Gasteiger partial charge < -0.3 is 10.2 Å². The van der Waals surface area contributed by atoms with Crippen molar-refractivity contribution in [3.8, 4) is 0 Å². The third-order valence-corrected chi connectivity index (χ3v) is 5.29. The van der Waals surface area contributed by atoms with Gasteiger partial charge in [0.05, 0.1) is 6.04 Å². The highest BCUT2D eigenvalue weighted by Gasteiger charge is 2.39. The number of nitrogens with zero attached hydrogens (tertiary/aromatic N) is 1. The number of amides is 1. The maximum atomic E-state index is 12.4. The van der Waals surface area contributed by atoms with E-state index in [1.54, 1.807) is 0 Å². The standard InChI is InChI=1S/C15H26N2O.ClH/c1-17(10-11-5-4-6-11)15(18)14-9-12-7-2-3-8-13(12)16-14;/h11-14,16H,2-10H2,1H3;1H. The Morgan fingerprint density at radius 1 is 1.16 bits per heavy atom. The number of rotatable bonds is 3. The summed E-state index contributed by atoms with van der Waals surface area (Å²) >= 11 is 0. The first-order valence-corrected chi connectivity index (χ1v) is 7.75. The molecule has 0 radical (unpaired) electrons. The van der Waals surface area contributed by atoms with E-state index >= 15 is 0 Å². The Kier molecular flexibility index (Phi) is 5.13. The largest absolute Gasteiger partial charge is 0.344 e. The van der Waals surface area contributed by atoms with Crippen molar-refractivity contribution in [1.29, 1.82) is 0 Å². The zero-order valence-corrected chi connectivity index (χ0v) is 12.8. The highest BCUT2D eigenvalue weighted by atomic mass is 35.5. The number of fused-ring (bicyclic) bond motifs is 1. The monoisotopic (exact) mass is 286 g/mol. The van der Waals surface area contributed by atoms with Gasteiger partial charge >= 0.3 is 0 Å². The van der Waals surface area contributed by atoms with Gasteiger partial charge in [0.15, 0.2) is 0 Å². The van der Waals surface area contributed by atoms with Gasteiger partial charge in [0.2, 0.25) is 5.91 Å². The van der Waals surface area contributed by atoms with E-state index in [4.69, 9.17) is 0 Å². The Bertz CT molecular complexity index is 305. The fourth-order valence-electron chi connectivity index (χ4n) is 3.93. The van der Waals surface area contributed by atoms with Crippen molar-refractivity contribution in [2.75, 3.05) is 13.6 Å². The number of hydrogen-bond acceptors (Lipinski definition) is 2. The first-order valence-electron chi connectivity index (χ1n) is 7.75. The number of carbonyl (C=O) groups excluding carboxylic acids is 1. The molecule has 110 valence electrons. The predicted octanol–water partition coefficient (Wildman–Crippen LogP) is 2.59. The second kappa shape index (κ2) is 6.45. The van der Waals surface area contributed by atoms with Crippen LogP contribution in [0.1, 0.15) is 51.4 Å². The van der Waals surface area contributed by atoms with E-state index in [1.165, 1.54) is 44.9 Å². The van der Waals surface area contributed by atoms with E-state index in [2.05, 4.69) is 5.32 Å². The summed E-state index contributed by atoms with van der Waals surface area (Å²) in [4.78, 5) is 14.4. The summed E-state index contributed by atoms with van der Waals surface area (Å²) in [5.41, 5.74) is 0. The van der Waals surface area contributed by atoms with Crippen molar-refractivity contribution >= 4 is 18.3 Å². The maximum Gasteiger partial charge on any atom is 0.239 e. The summed E-state index contributed by atoms with van der Waals surface area (Å²) in [6.07, 6.45) is 10.4. The van der Waals surface area contributed by atoms with Crippen molar-refractivity contribution in [3.05, 3.63) is 0 Å². The fraction of sp³-hybridized carbons (Fsp3) is 0.933. The molecule has 3 rings (SSSR count). The van der Waals surface area contributed by atoms with E-state index in [0.29, 0.717) is 11.9 Å². The van der Waals surface area contributed by atoms with Gasteiger partial charge in [0.1, 0.15) is 0 Å². The van der Waals surface area contributed by atoms with Gasteiger partial charge in [-0.25, -0.2) is 0 Å². The Morgan fingerprint density at radius 2 is 1.89 bits per heavy atom. The number of nitrogens with one attached hydrogen (secondary N) is 1. The molecule has 3 unspecified atom stereocenters. The highest BCUT2D eigenvalue weighted by Crippen LogP contribution is 2.34. The molecule has 3 fully saturated rings. The Hall–Kier alpha value is -0.280. The van der Waals surface area contributed by atoms with Crippen LogP contribution >= 0.6 is 12.4 Å². The van der Waals surface area contributed by atoms with E-state index in [9.17, 15) is 4.79 Å². The molecule has 4 heteroatoms. The quantitative estimate of drug-likeness (QED) is 0.865. The van der Waals surface area contributed by atoms with E-state index in [1.807, 2.05) is 11.9 Å². The van der Waals surface area contributed by atoms with Crippen LogP contribution in [0, 0.1) is 11.8 Å². The van der Waals surface area contributed by atoms with Crippen molar-refractivity contribution < 1.29 is 4.79 Å².